The molecular weight excluding hydrogens is 352 g/mol. The minimum atomic E-state index is -0.283. The summed E-state index contributed by atoms with van der Waals surface area (Å²) in [5, 5.41) is 3.01. The maximum absolute atomic E-state index is 12.8. The van der Waals surface area contributed by atoms with Gasteiger partial charge in [-0.05, 0) is 37.1 Å². The first-order valence-corrected chi connectivity index (χ1v) is 9.81. The number of nitrogens with one attached hydrogen (secondary N) is 1. The quantitative estimate of drug-likeness (QED) is 0.758. The van der Waals surface area contributed by atoms with Gasteiger partial charge in [-0.2, -0.15) is 0 Å². The number of hydrogen-bond acceptors (Lipinski definition) is 4. The lowest BCUT2D eigenvalue weighted by atomic mass is 10.2. The van der Waals surface area contributed by atoms with Gasteiger partial charge in [0, 0.05) is 13.1 Å². The summed E-state index contributed by atoms with van der Waals surface area (Å²) in [6.45, 7) is 1.96. The predicted molar refractivity (Wildman–Crippen MR) is 112 cm³/mol. The summed E-state index contributed by atoms with van der Waals surface area (Å²) in [7, 11) is 0. The molecule has 0 saturated carbocycles. The van der Waals surface area contributed by atoms with Crippen LogP contribution < -0.4 is 15.8 Å². The number of hydrogen-bond donors (Lipinski definition) is 1. The van der Waals surface area contributed by atoms with E-state index in [1.165, 1.54) is 36.4 Å². The molecule has 1 N–H and O–H groups in total. The standard InChI is InChI=1S/C22H24N4O2/c27-21(16-26-20-12-6-3-9-17(20)23-15-22(26)28)24-18-10-4-5-11-19(18)25-13-7-1-2-8-14-25/h3-6,9-12,15H,1-2,7-8,13-14,16H2,(H,24,27). The lowest BCUT2D eigenvalue weighted by Crippen LogP contribution is -2.29. The Balaban J connectivity index is 1.57. The molecule has 4 rings (SSSR count). The van der Waals surface area contributed by atoms with Gasteiger partial charge < -0.3 is 10.2 Å². The molecule has 0 aliphatic carbocycles. The number of aromatic nitrogens is 2. The van der Waals surface area contributed by atoms with Crippen LogP contribution in [0.15, 0.2) is 59.5 Å². The van der Waals surface area contributed by atoms with E-state index in [0.29, 0.717) is 11.0 Å². The van der Waals surface area contributed by atoms with E-state index >= 15 is 0 Å². The van der Waals surface area contributed by atoms with E-state index in [1.807, 2.05) is 42.5 Å². The highest BCUT2D eigenvalue weighted by Crippen LogP contribution is 2.28. The van der Waals surface area contributed by atoms with E-state index in [1.54, 1.807) is 0 Å². The lowest BCUT2D eigenvalue weighted by Gasteiger charge is -2.25. The summed E-state index contributed by atoms with van der Waals surface area (Å²) < 4.78 is 1.46. The summed E-state index contributed by atoms with van der Waals surface area (Å²) in [5.74, 6) is -0.222. The van der Waals surface area contributed by atoms with E-state index < -0.39 is 0 Å². The van der Waals surface area contributed by atoms with Gasteiger partial charge in [0.2, 0.25) is 5.91 Å². The number of fused-ring (bicyclic) bond motifs is 1. The third kappa shape index (κ3) is 3.91. The van der Waals surface area contributed by atoms with Crippen molar-refractivity contribution in [1.29, 1.82) is 0 Å². The van der Waals surface area contributed by atoms with Crippen molar-refractivity contribution < 1.29 is 4.79 Å². The van der Waals surface area contributed by atoms with Crippen LogP contribution in [0, 0.1) is 0 Å². The molecule has 6 heteroatoms. The smallest absolute Gasteiger partial charge is 0.269 e. The molecule has 0 spiro atoms. The molecule has 2 heterocycles. The molecule has 1 aliphatic heterocycles. The Bertz CT molecular complexity index is 1040. The van der Waals surface area contributed by atoms with Crippen molar-refractivity contribution in [2.24, 2.45) is 0 Å². The molecule has 1 saturated heterocycles. The summed E-state index contributed by atoms with van der Waals surface area (Å²) in [6, 6.07) is 15.2. The summed E-state index contributed by atoms with van der Waals surface area (Å²) >= 11 is 0. The average Bonchev–Trinajstić information content (AvgIpc) is 3.00. The Kier molecular flexibility index (Phi) is 5.37. The van der Waals surface area contributed by atoms with E-state index in [9.17, 15) is 9.59 Å². The van der Waals surface area contributed by atoms with Crippen molar-refractivity contribution in [3.63, 3.8) is 0 Å². The van der Waals surface area contributed by atoms with Crippen LogP contribution >= 0.6 is 0 Å². The zero-order chi connectivity index (χ0) is 19.3. The molecule has 0 bridgehead atoms. The Morgan fingerprint density at radius 3 is 2.50 bits per heavy atom. The van der Waals surface area contributed by atoms with E-state index in [-0.39, 0.29) is 18.0 Å². The predicted octanol–water partition coefficient (Wildman–Crippen LogP) is 3.42. The van der Waals surface area contributed by atoms with Gasteiger partial charge in [-0.25, -0.2) is 4.98 Å². The van der Waals surface area contributed by atoms with Crippen molar-refractivity contribution in [1.82, 2.24) is 9.55 Å². The first-order valence-electron chi connectivity index (χ1n) is 9.81. The van der Waals surface area contributed by atoms with Gasteiger partial charge in [-0.15, -0.1) is 0 Å². The number of carbonyl (C=O) groups is 1. The van der Waals surface area contributed by atoms with Crippen molar-refractivity contribution in [3.05, 3.63) is 65.1 Å². The normalized spacial score (nSPS) is 14.6. The Morgan fingerprint density at radius 2 is 1.68 bits per heavy atom. The molecule has 1 amide bonds. The average molecular weight is 376 g/mol. The van der Waals surface area contributed by atoms with Crippen LogP contribution in [0.4, 0.5) is 11.4 Å². The summed E-state index contributed by atoms with van der Waals surface area (Å²) in [4.78, 5) is 31.5. The Hall–Kier alpha value is -3.15. The van der Waals surface area contributed by atoms with E-state index in [4.69, 9.17) is 0 Å². The van der Waals surface area contributed by atoms with Crippen molar-refractivity contribution >= 4 is 28.3 Å². The zero-order valence-electron chi connectivity index (χ0n) is 15.8. The molecule has 3 aromatic rings. The van der Waals surface area contributed by atoms with Gasteiger partial charge in [0.05, 0.1) is 28.6 Å². The first-order chi connectivity index (χ1) is 13.7. The number of para-hydroxylation sites is 4. The van der Waals surface area contributed by atoms with Gasteiger partial charge >= 0.3 is 0 Å². The molecule has 0 unspecified atom stereocenters. The SMILES string of the molecule is O=C(Cn1c(=O)cnc2ccccc21)Nc1ccccc1N1CCCCCC1. The first kappa shape index (κ1) is 18.2. The number of carbonyl (C=O) groups excluding carboxylic acids is 1. The van der Waals surface area contributed by atoms with Gasteiger partial charge in [-0.1, -0.05) is 37.1 Å². The molecule has 1 aromatic heterocycles. The van der Waals surface area contributed by atoms with Gasteiger partial charge in [0.15, 0.2) is 0 Å². The Labute approximate surface area is 163 Å². The fourth-order valence-electron chi connectivity index (χ4n) is 3.78. The maximum Gasteiger partial charge on any atom is 0.269 e. The van der Waals surface area contributed by atoms with Gasteiger partial charge in [0.25, 0.3) is 5.56 Å². The van der Waals surface area contributed by atoms with Crippen LogP contribution in [-0.2, 0) is 11.3 Å². The van der Waals surface area contributed by atoms with Crippen molar-refractivity contribution in [2.45, 2.75) is 32.2 Å². The fourth-order valence-corrected chi connectivity index (χ4v) is 3.78. The summed E-state index contributed by atoms with van der Waals surface area (Å²) in [5.41, 5.74) is 2.91. The van der Waals surface area contributed by atoms with Crippen LogP contribution in [0.25, 0.3) is 11.0 Å². The monoisotopic (exact) mass is 376 g/mol. The second-order valence-electron chi connectivity index (χ2n) is 7.14. The third-order valence-corrected chi connectivity index (χ3v) is 5.18. The molecule has 2 aromatic carbocycles. The molecule has 6 nitrogen and oxygen atoms in total. The van der Waals surface area contributed by atoms with Crippen LogP contribution in [0.5, 0.6) is 0 Å². The van der Waals surface area contributed by atoms with Crippen LogP contribution in [0.2, 0.25) is 0 Å². The minimum Gasteiger partial charge on any atom is -0.370 e. The van der Waals surface area contributed by atoms with E-state index in [0.717, 1.165) is 24.5 Å². The largest absolute Gasteiger partial charge is 0.370 e. The van der Waals surface area contributed by atoms with Gasteiger partial charge in [-0.3, -0.25) is 14.2 Å². The summed E-state index contributed by atoms with van der Waals surface area (Å²) in [6.07, 6.45) is 6.11. The number of anilines is 2. The Morgan fingerprint density at radius 1 is 0.964 bits per heavy atom. The highest BCUT2D eigenvalue weighted by molar-refractivity contribution is 5.94. The molecule has 28 heavy (non-hydrogen) atoms. The topological polar surface area (TPSA) is 67.2 Å². The molecule has 0 radical (unpaired) electrons. The van der Waals surface area contributed by atoms with Crippen LogP contribution in [0.3, 0.4) is 0 Å². The van der Waals surface area contributed by atoms with Crippen molar-refractivity contribution in [2.75, 3.05) is 23.3 Å². The van der Waals surface area contributed by atoms with E-state index in [2.05, 4.69) is 21.3 Å². The highest BCUT2D eigenvalue weighted by atomic mass is 16.2. The molecule has 1 fully saturated rings. The van der Waals surface area contributed by atoms with Gasteiger partial charge in [0.1, 0.15) is 6.54 Å². The molecular formula is C22H24N4O2. The zero-order valence-corrected chi connectivity index (χ0v) is 15.8. The number of nitrogens with zero attached hydrogens (tertiary/aromatic N) is 3. The minimum absolute atomic E-state index is 0.0454. The second kappa shape index (κ2) is 8.25. The second-order valence-corrected chi connectivity index (χ2v) is 7.14. The fraction of sp³-hybridized carbons (Fsp3) is 0.318. The van der Waals surface area contributed by atoms with Crippen LogP contribution in [0.1, 0.15) is 25.7 Å². The maximum atomic E-state index is 12.8. The highest BCUT2D eigenvalue weighted by Gasteiger charge is 2.15. The van der Waals surface area contributed by atoms with Crippen LogP contribution in [-0.4, -0.2) is 28.5 Å². The lowest BCUT2D eigenvalue weighted by molar-refractivity contribution is -0.116. The molecule has 0 atom stereocenters. The molecule has 144 valence electrons. The number of benzene rings is 2. The number of amides is 1. The third-order valence-electron chi connectivity index (χ3n) is 5.18. The number of rotatable bonds is 4. The molecule has 1 aliphatic rings. The van der Waals surface area contributed by atoms with Crippen molar-refractivity contribution in [3.8, 4) is 0 Å².